The Balaban J connectivity index is 1.60. The highest BCUT2D eigenvalue weighted by atomic mass is 19.1. The maximum Gasteiger partial charge on any atom is 0.261 e. The molecule has 0 saturated heterocycles. The van der Waals surface area contributed by atoms with Gasteiger partial charge in [-0.1, -0.05) is 30.3 Å². The quantitative estimate of drug-likeness (QED) is 0.673. The molecule has 0 radical (unpaired) electrons. The molecule has 0 aliphatic rings. The standard InChI is InChI=1S/C20H19FN4O3/c1-13(19(27)22-10-14-5-3-2-4-6-14)24-18(26)11-25-12-23-17-8-7-15(21)9-16(17)20(25)28/h2-9,12-13H,10-11H2,1H3,(H,22,27)(H,24,26). The van der Waals surface area contributed by atoms with Gasteiger partial charge in [-0.3, -0.25) is 19.0 Å². The predicted molar refractivity (Wildman–Crippen MR) is 102 cm³/mol. The Bertz CT molecular complexity index is 1070. The zero-order valence-corrected chi connectivity index (χ0v) is 15.2. The molecule has 1 heterocycles. The van der Waals surface area contributed by atoms with Crippen molar-refractivity contribution in [3.63, 3.8) is 0 Å². The van der Waals surface area contributed by atoms with Crippen molar-refractivity contribution in [3.05, 3.63) is 76.6 Å². The smallest absolute Gasteiger partial charge is 0.261 e. The van der Waals surface area contributed by atoms with E-state index in [-0.39, 0.29) is 17.8 Å². The lowest BCUT2D eigenvalue weighted by molar-refractivity contribution is -0.129. The molecule has 0 fully saturated rings. The van der Waals surface area contributed by atoms with Gasteiger partial charge in [-0.25, -0.2) is 9.37 Å². The number of carbonyl (C=O) groups is 2. The van der Waals surface area contributed by atoms with Crippen molar-refractivity contribution in [1.82, 2.24) is 20.2 Å². The lowest BCUT2D eigenvalue weighted by Crippen LogP contribution is -2.46. The molecule has 1 unspecified atom stereocenters. The molecule has 0 spiro atoms. The molecule has 0 aliphatic heterocycles. The van der Waals surface area contributed by atoms with Crippen LogP contribution in [0.25, 0.3) is 10.9 Å². The zero-order chi connectivity index (χ0) is 20.1. The van der Waals surface area contributed by atoms with E-state index in [1.54, 1.807) is 6.92 Å². The molecule has 7 nitrogen and oxygen atoms in total. The van der Waals surface area contributed by atoms with Crippen LogP contribution in [0, 0.1) is 5.82 Å². The Kier molecular flexibility index (Phi) is 5.78. The Morgan fingerprint density at radius 2 is 1.93 bits per heavy atom. The van der Waals surface area contributed by atoms with E-state index in [1.807, 2.05) is 30.3 Å². The Labute approximate surface area is 160 Å². The highest BCUT2D eigenvalue weighted by Gasteiger charge is 2.16. The minimum Gasteiger partial charge on any atom is -0.350 e. The number of fused-ring (bicyclic) bond motifs is 1. The van der Waals surface area contributed by atoms with Crippen LogP contribution in [0.1, 0.15) is 12.5 Å². The van der Waals surface area contributed by atoms with Gasteiger partial charge in [0.2, 0.25) is 11.8 Å². The molecular formula is C20H19FN4O3. The maximum atomic E-state index is 13.4. The molecule has 144 valence electrons. The molecule has 3 aromatic rings. The number of hydrogen-bond donors (Lipinski definition) is 2. The van der Waals surface area contributed by atoms with Crippen molar-refractivity contribution in [1.29, 1.82) is 0 Å². The predicted octanol–water partition coefficient (Wildman–Crippen LogP) is 1.36. The average molecular weight is 382 g/mol. The van der Waals surface area contributed by atoms with Crippen LogP contribution in [0.15, 0.2) is 59.7 Å². The van der Waals surface area contributed by atoms with Crippen LogP contribution in [-0.4, -0.2) is 27.4 Å². The monoisotopic (exact) mass is 382 g/mol. The lowest BCUT2D eigenvalue weighted by Gasteiger charge is -2.15. The molecule has 1 aromatic heterocycles. The van der Waals surface area contributed by atoms with Crippen molar-refractivity contribution < 1.29 is 14.0 Å². The summed E-state index contributed by atoms with van der Waals surface area (Å²) in [6, 6.07) is 12.3. The van der Waals surface area contributed by atoms with Crippen LogP contribution in [-0.2, 0) is 22.7 Å². The van der Waals surface area contributed by atoms with E-state index in [9.17, 15) is 18.8 Å². The number of nitrogens with one attached hydrogen (secondary N) is 2. The van der Waals surface area contributed by atoms with Gasteiger partial charge in [-0.2, -0.15) is 0 Å². The van der Waals surface area contributed by atoms with Crippen LogP contribution in [0.4, 0.5) is 4.39 Å². The third-order valence-corrected chi connectivity index (χ3v) is 4.18. The number of hydrogen-bond acceptors (Lipinski definition) is 4. The van der Waals surface area contributed by atoms with Crippen LogP contribution in [0.3, 0.4) is 0 Å². The summed E-state index contributed by atoms with van der Waals surface area (Å²) in [5.74, 6) is -1.43. The second-order valence-electron chi connectivity index (χ2n) is 6.33. The number of benzene rings is 2. The van der Waals surface area contributed by atoms with Crippen molar-refractivity contribution in [2.75, 3.05) is 0 Å². The van der Waals surface area contributed by atoms with Gasteiger partial charge in [-0.15, -0.1) is 0 Å². The summed E-state index contributed by atoms with van der Waals surface area (Å²) < 4.78 is 14.4. The first kappa shape index (κ1) is 19.2. The largest absolute Gasteiger partial charge is 0.350 e. The van der Waals surface area contributed by atoms with Crippen LogP contribution >= 0.6 is 0 Å². The summed E-state index contributed by atoms with van der Waals surface area (Å²) in [5.41, 5.74) is 0.757. The van der Waals surface area contributed by atoms with Gasteiger partial charge < -0.3 is 10.6 Å². The average Bonchev–Trinajstić information content (AvgIpc) is 2.69. The van der Waals surface area contributed by atoms with E-state index in [2.05, 4.69) is 15.6 Å². The first-order chi connectivity index (χ1) is 13.4. The van der Waals surface area contributed by atoms with E-state index in [0.717, 1.165) is 16.2 Å². The molecule has 3 rings (SSSR count). The third-order valence-electron chi connectivity index (χ3n) is 4.18. The van der Waals surface area contributed by atoms with Crippen LogP contribution in [0.2, 0.25) is 0 Å². The van der Waals surface area contributed by atoms with Gasteiger partial charge in [0.15, 0.2) is 0 Å². The molecule has 2 amide bonds. The highest BCUT2D eigenvalue weighted by molar-refractivity contribution is 5.87. The second-order valence-corrected chi connectivity index (χ2v) is 6.33. The van der Waals surface area contributed by atoms with Crippen molar-refractivity contribution in [2.24, 2.45) is 0 Å². The summed E-state index contributed by atoms with van der Waals surface area (Å²) in [6.07, 6.45) is 1.22. The first-order valence-electron chi connectivity index (χ1n) is 8.70. The summed E-state index contributed by atoms with van der Waals surface area (Å²) in [4.78, 5) is 40.8. The summed E-state index contributed by atoms with van der Waals surface area (Å²) in [5, 5.41) is 5.36. The van der Waals surface area contributed by atoms with Crippen molar-refractivity contribution in [2.45, 2.75) is 26.1 Å². The second kappa shape index (κ2) is 8.43. The van der Waals surface area contributed by atoms with Gasteiger partial charge >= 0.3 is 0 Å². The molecule has 0 saturated carbocycles. The number of carbonyl (C=O) groups excluding carboxylic acids is 2. The fourth-order valence-electron chi connectivity index (χ4n) is 2.69. The number of halogens is 1. The minimum absolute atomic E-state index is 0.0870. The van der Waals surface area contributed by atoms with Crippen molar-refractivity contribution >= 4 is 22.7 Å². The highest BCUT2D eigenvalue weighted by Crippen LogP contribution is 2.08. The minimum atomic E-state index is -0.780. The lowest BCUT2D eigenvalue weighted by atomic mass is 10.2. The zero-order valence-electron chi connectivity index (χ0n) is 15.2. The van der Waals surface area contributed by atoms with Gasteiger partial charge in [0.05, 0.1) is 17.2 Å². The number of aromatic nitrogens is 2. The van der Waals surface area contributed by atoms with Gasteiger partial charge in [0.25, 0.3) is 5.56 Å². The maximum absolute atomic E-state index is 13.4. The van der Waals surface area contributed by atoms with E-state index < -0.39 is 23.3 Å². The fraction of sp³-hybridized carbons (Fsp3) is 0.200. The summed E-state index contributed by atoms with van der Waals surface area (Å²) in [7, 11) is 0. The third kappa shape index (κ3) is 4.59. The van der Waals surface area contributed by atoms with E-state index >= 15 is 0 Å². The van der Waals surface area contributed by atoms with E-state index in [1.165, 1.54) is 18.5 Å². The molecule has 0 bridgehead atoms. The van der Waals surface area contributed by atoms with Gasteiger partial charge in [-0.05, 0) is 30.7 Å². The Morgan fingerprint density at radius 3 is 2.68 bits per heavy atom. The van der Waals surface area contributed by atoms with Gasteiger partial charge in [0, 0.05) is 6.54 Å². The molecule has 1 atom stereocenters. The topological polar surface area (TPSA) is 93.1 Å². The van der Waals surface area contributed by atoms with E-state index in [0.29, 0.717) is 12.1 Å². The molecule has 28 heavy (non-hydrogen) atoms. The number of nitrogens with zero attached hydrogens (tertiary/aromatic N) is 2. The van der Waals surface area contributed by atoms with Gasteiger partial charge in [0.1, 0.15) is 18.4 Å². The van der Waals surface area contributed by atoms with E-state index in [4.69, 9.17) is 0 Å². The molecule has 2 N–H and O–H groups in total. The number of rotatable bonds is 6. The molecular weight excluding hydrogens is 363 g/mol. The molecule has 2 aromatic carbocycles. The Morgan fingerprint density at radius 1 is 1.18 bits per heavy atom. The summed E-state index contributed by atoms with van der Waals surface area (Å²) >= 11 is 0. The fourth-order valence-corrected chi connectivity index (χ4v) is 2.69. The first-order valence-corrected chi connectivity index (χ1v) is 8.70. The van der Waals surface area contributed by atoms with Crippen LogP contribution in [0.5, 0.6) is 0 Å². The normalized spacial score (nSPS) is 11.8. The summed E-state index contributed by atoms with van der Waals surface area (Å²) in [6.45, 7) is 1.57. The molecule has 0 aliphatic carbocycles. The number of amides is 2. The SMILES string of the molecule is CC(NC(=O)Cn1cnc2ccc(F)cc2c1=O)C(=O)NCc1ccccc1. The molecule has 8 heteroatoms. The van der Waals surface area contributed by atoms with Crippen molar-refractivity contribution in [3.8, 4) is 0 Å². The Hall–Kier alpha value is -3.55. The van der Waals surface area contributed by atoms with Crippen LogP contribution < -0.4 is 16.2 Å².